The van der Waals surface area contributed by atoms with Gasteiger partial charge in [-0.2, -0.15) is 0 Å². The monoisotopic (exact) mass is 225 g/mol. The lowest BCUT2D eigenvalue weighted by Gasteiger charge is -2.24. The molecule has 1 rings (SSSR count). The van der Waals surface area contributed by atoms with Crippen LogP contribution in [0, 0.1) is 0 Å². The van der Waals surface area contributed by atoms with E-state index < -0.39 is 0 Å². The summed E-state index contributed by atoms with van der Waals surface area (Å²) in [4.78, 5) is 15.9. The SMILES string of the molecule is C=C(C)CN(CC)C(=O)CN1CC[C@@H](N)C1. The van der Waals surface area contributed by atoms with Crippen LogP contribution in [0.25, 0.3) is 0 Å². The molecule has 4 heteroatoms. The van der Waals surface area contributed by atoms with Crippen LogP contribution < -0.4 is 5.73 Å². The van der Waals surface area contributed by atoms with E-state index in [2.05, 4.69) is 11.5 Å². The average molecular weight is 225 g/mol. The molecule has 4 nitrogen and oxygen atoms in total. The third kappa shape index (κ3) is 3.94. The smallest absolute Gasteiger partial charge is 0.237 e. The number of amides is 1. The summed E-state index contributed by atoms with van der Waals surface area (Å²) < 4.78 is 0. The lowest BCUT2D eigenvalue weighted by Crippen LogP contribution is -2.40. The van der Waals surface area contributed by atoms with Gasteiger partial charge in [-0.3, -0.25) is 9.69 Å². The van der Waals surface area contributed by atoms with Crippen LogP contribution in [0.2, 0.25) is 0 Å². The number of hydrogen-bond acceptors (Lipinski definition) is 3. The second kappa shape index (κ2) is 6.01. The minimum atomic E-state index is 0.180. The van der Waals surface area contributed by atoms with Gasteiger partial charge in [0, 0.05) is 32.2 Å². The number of rotatable bonds is 5. The summed E-state index contributed by atoms with van der Waals surface area (Å²) in [5, 5.41) is 0. The average Bonchev–Trinajstić information content (AvgIpc) is 2.60. The number of nitrogens with two attached hydrogens (primary N) is 1. The van der Waals surface area contributed by atoms with Crippen LogP contribution >= 0.6 is 0 Å². The summed E-state index contributed by atoms with van der Waals surface area (Å²) in [6.07, 6.45) is 1.000. The Bertz CT molecular complexity index is 265. The second-order valence-electron chi connectivity index (χ2n) is 4.65. The molecule has 0 aromatic heterocycles. The normalized spacial score (nSPS) is 21.1. The fourth-order valence-corrected chi connectivity index (χ4v) is 2.00. The molecule has 1 fully saturated rings. The zero-order chi connectivity index (χ0) is 12.1. The number of carbonyl (C=O) groups excluding carboxylic acids is 1. The Hall–Kier alpha value is -0.870. The largest absolute Gasteiger partial charge is 0.338 e. The first-order valence-corrected chi connectivity index (χ1v) is 5.93. The predicted molar refractivity (Wildman–Crippen MR) is 66.1 cm³/mol. The van der Waals surface area contributed by atoms with E-state index in [1.54, 1.807) is 0 Å². The Kier molecular flexibility index (Phi) is 4.96. The van der Waals surface area contributed by atoms with E-state index in [0.717, 1.165) is 31.6 Å². The summed E-state index contributed by atoms with van der Waals surface area (Å²) in [5.41, 5.74) is 6.83. The standard InChI is InChI=1S/C12H23N3O/c1-4-15(7-10(2)3)12(16)9-14-6-5-11(13)8-14/h11H,2,4-9,13H2,1,3H3/t11-/m1/s1. The summed E-state index contributed by atoms with van der Waals surface area (Å²) in [5.74, 6) is 0.180. The van der Waals surface area contributed by atoms with Crippen molar-refractivity contribution in [3.63, 3.8) is 0 Å². The van der Waals surface area contributed by atoms with Gasteiger partial charge >= 0.3 is 0 Å². The van der Waals surface area contributed by atoms with E-state index in [4.69, 9.17) is 5.73 Å². The van der Waals surface area contributed by atoms with Crippen molar-refractivity contribution in [2.24, 2.45) is 5.73 Å². The van der Waals surface area contributed by atoms with Crippen molar-refractivity contribution >= 4 is 5.91 Å². The molecule has 16 heavy (non-hydrogen) atoms. The van der Waals surface area contributed by atoms with Crippen LogP contribution in [0.15, 0.2) is 12.2 Å². The Balaban J connectivity index is 2.40. The summed E-state index contributed by atoms with van der Waals surface area (Å²) in [6.45, 7) is 11.5. The van der Waals surface area contributed by atoms with E-state index in [9.17, 15) is 4.79 Å². The number of likely N-dealkylation sites (N-methyl/N-ethyl adjacent to an activating group) is 1. The third-order valence-electron chi connectivity index (χ3n) is 2.86. The highest BCUT2D eigenvalue weighted by Gasteiger charge is 2.22. The molecule has 92 valence electrons. The molecule has 1 heterocycles. The molecule has 1 aliphatic rings. The lowest BCUT2D eigenvalue weighted by molar-refractivity contribution is -0.131. The van der Waals surface area contributed by atoms with Crippen LogP contribution in [-0.2, 0) is 4.79 Å². The molecule has 2 N–H and O–H groups in total. The van der Waals surface area contributed by atoms with Gasteiger partial charge in [-0.15, -0.1) is 0 Å². The van der Waals surface area contributed by atoms with Crippen LogP contribution in [0.3, 0.4) is 0 Å². The highest BCUT2D eigenvalue weighted by molar-refractivity contribution is 5.78. The molecule has 1 saturated heterocycles. The topological polar surface area (TPSA) is 49.6 Å². The van der Waals surface area contributed by atoms with Gasteiger partial charge < -0.3 is 10.6 Å². The van der Waals surface area contributed by atoms with E-state index in [1.807, 2.05) is 18.7 Å². The van der Waals surface area contributed by atoms with Gasteiger partial charge in [0.05, 0.1) is 6.54 Å². The van der Waals surface area contributed by atoms with Crippen LogP contribution in [-0.4, -0.2) is 54.5 Å². The third-order valence-corrected chi connectivity index (χ3v) is 2.86. The van der Waals surface area contributed by atoms with Gasteiger partial charge in [-0.1, -0.05) is 12.2 Å². The zero-order valence-electron chi connectivity index (χ0n) is 10.4. The molecule has 1 amide bonds. The molecule has 0 aromatic carbocycles. The number of likely N-dealkylation sites (tertiary alicyclic amines) is 1. The number of hydrogen-bond donors (Lipinski definition) is 1. The first-order valence-electron chi connectivity index (χ1n) is 5.93. The van der Waals surface area contributed by atoms with Crippen LogP contribution in [0.1, 0.15) is 20.3 Å². The van der Waals surface area contributed by atoms with Crippen molar-refractivity contribution in [2.75, 3.05) is 32.7 Å². The van der Waals surface area contributed by atoms with Gasteiger partial charge in [0.2, 0.25) is 5.91 Å². The van der Waals surface area contributed by atoms with Crippen molar-refractivity contribution in [3.05, 3.63) is 12.2 Å². The van der Waals surface area contributed by atoms with Gasteiger partial charge in [0.25, 0.3) is 0 Å². The molecule has 1 atom stereocenters. The Morgan fingerprint density at radius 3 is 2.75 bits per heavy atom. The molecule has 0 spiro atoms. The molecule has 0 aromatic rings. The maximum absolute atomic E-state index is 12.0. The fourth-order valence-electron chi connectivity index (χ4n) is 2.00. The maximum Gasteiger partial charge on any atom is 0.237 e. The Labute approximate surface area is 98.1 Å². The minimum Gasteiger partial charge on any atom is -0.338 e. The number of nitrogens with zero attached hydrogens (tertiary/aromatic N) is 2. The predicted octanol–water partition coefficient (Wildman–Crippen LogP) is 0.444. The summed E-state index contributed by atoms with van der Waals surface area (Å²) >= 11 is 0. The second-order valence-corrected chi connectivity index (χ2v) is 4.65. The van der Waals surface area contributed by atoms with E-state index in [0.29, 0.717) is 13.1 Å². The maximum atomic E-state index is 12.0. The summed E-state index contributed by atoms with van der Waals surface area (Å²) in [7, 11) is 0. The summed E-state index contributed by atoms with van der Waals surface area (Å²) in [6, 6.07) is 0.240. The molecule has 0 radical (unpaired) electrons. The molecular formula is C12H23N3O. The van der Waals surface area contributed by atoms with Gasteiger partial charge in [-0.05, 0) is 20.3 Å². The first-order chi connectivity index (χ1) is 7.52. The van der Waals surface area contributed by atoms with Gasteiger partial charge in [0.1, 0.15) is 0 Å². The Morgan fingerprint density at radius 2 is 2.31 bits per heavy atom. The lowest BCUT2D eigenvalue weighted by atomic mass is 10.3. The molecule has 0 bridgehead atoms. The van der Waals surface area contributed by atoms with Crippen LogP contribution in [0.5, 0.6) is 0 Å². The quantitative estimate of drug-likeness (QED) is 0.691. The number of carbonyl (C=O) groups is 1. The molecule has 0 aliphatic carbocycles. The van der Waals surface area contributed by atoms with Crippen molar-refractivity contribution in [1.82, 2.24) is 9.80 Å². The molecule has 0 saturated carbocycles. The van der Waals surface area contributed by atoms with Crippen molar-refractivity contribution in [3.8, 4) is 0 Å². The van der Waals surface area contributed by atoms with Crippen molar-refractivity contribution in [2.45, 2.75) is 26.3 Å². The fraction of sp³-hybridized carbons (Fsp3) is 0.750. The van der Waals surface area contributed by atoms with Gasteiger partial charge in [-0.25, -0.2) is 0 Å². The minimum absolute atomic E-state index is 0.180. The molecule has 0 unspecified atom stereocenters. The van der Waals surface area contributed by atoms with Gasteiger partial charge in [0.15, 0.2) is 0 Å². The van der Waals surface area contributed by atoms with E-state index in [1.165, 1.54) is 0 Å². The highest BCUT2D eigenvalue weighted by Crippen LogP contribution is 2.07. The molecular weight excluding hydrogens is 202 g/mol. The first kappa shape index (κ1) is 13.2. The van der Waals surface area contributed by atoms with E-state index in [-0.39, 0.29) is 11.9 Å². The zero-order valence-corrected chi connectivity index (χ0v) is 10.4. The van der Waals surface area contributed by atoms with Crippen LogP contribution in [0.4, 0.5) is 0 Å². The highest BCUT2D eigenvalue weighted by atomic mass is 16.2. The Morgan fingerprint density at radius 1 is 1.62 bits per heavy atom. The van der Waals surface area contributed by atoms with E-state index >= 15 is 0 Å². The van der Waals surface area contributed by atoms with Crippen molar-refractivity contribution in [1.29, 1.82) is 0 Å². The molecule has 1 aliphatic heterocycles. The van der Waals surface area contributed by atoms with Crippen molar-refractivity contribution < 1.29 is 4.79 Å².